The Labute approximate surface area is 83.3 Å². The summed E-state index contributed by atoms with van der Waals surface area (Å²) in [5.74, 6) is -0.149. The summed E-state index contributed by atoms with van der Waals surface area (Å²) in [6.07, 6.45) is 1.84. The van der Waals surface area contributed by atoms with Crippen molar-refractivity contribution in [2.75, 3.05) is 6.61 Å². The molecule has 2 nitrogen and oxygen atoms in total. The molecular formula is C7H15BrO2S. The quantitative estimate of drug-likeness (QED) is 0.559. The van der Waals surface area contributed by atoms with Crippen LogP contribution in [0.25, 0.3) is 0 Å². The maximum Gasteiger partial charge on any atom is 0.319 e. The second-order valence-electron chi connectivity index (χ2n) is 2.01. The van der Waals surface area contributed by atoms with Crippen LogP contribution in [-0.2, 0) is 9.53 Å². The van der Waals surface area contributed by atoms with Gasteiger partial charge in [-0.05, 0) is 13.3 Å². The maximum absolute atomic E-state index is 10.9. The van der Waals surface area contributed by atoms with Crippen LogP contribution < -0.4 is 0 Å². The Bertz CT molecular complexity index is 109. The highest BCUT2D eigenvalue weighted by Crippen LogP contribution is 2.09. The fourth-order valence-electron chi connectivity index (χ4n) is 0.604. The largest absolute Gasteiger partial charge is 0.465 e. The number of hydrogen-bond acceptors (Lipinski definition) is 2. The van der Waals surface area contributed by atoms with Crippen LogP contribution in [0.15, 0.2) is 0 Å². The lowest BCUT2D eigenvalue weighted by atomic mass is 10.2. The highest BCUT2D eigenvalue weighted by molar-refractivity contribution is 9.10. The molecule has 0 bridgehead atoms. The van der Waals surface area contributed by atoms with E-state index in [1.54, 1.807) is 0 Å². The van der Waals surface area contributed by atoms with Gasteiger partial charge in [0.15, 0.2) is 0 Å². The van der Waals surface area contributed by atoms with Crippen LogP contribution in [-0.4, -0.2) is 17.4 Å². The van der Waals surface area contributed by atoms with Gasteiger partial charge in [-0.15, -0.1) is 0 Å². The molecule has 4 heteroatoms. The summed E-state index contributed by atoms with van der Waals surface area (Å²) in [5, 5.41) is 0. The van der Waals surface area contributed by atoms with E-state index in [0.717, 1.165) is 12.8 Å². The van der Waals surface area contributed by atoms with Gasteiger partial charge in [-0.3, -0.25) is 4.79 Å². The first-order valence-corrected chi connectivity index (χ1v) is 4.44. The minimum absolute atomic E-state index is 0. The predicted molar refractivity (Wildman–Crippen MR) is 54.6 cm³/mol. The minimum atomic E-state index is -0.149. The Morgan fingerprint density at radius 2 is 2.09 bits per heavy atom. The second-order valence-corrected chi connectivity index (χ2v) is 3.11. The van der Waals surface area contributed by atoms with Gasteiger partial charge < -0.3 is 4.74 Å². The van der Waals surface area contributed by atoms with E-state index >= 15 is 0 Å². The summed E-state index contributed by atoms with van der Waals surface area (Å²) < 4.78 is 4.77. The molecule has 0 spiro atoms. The van der Waals surface area contributed by atoms with Crippen LogP contribution in [0.4, 0.5) is 0 Å². The van der Waals surface area contributed by atoms with Gasteiger partial charge in [0.25, 0.3) is 0 Å². The number of esters is 1. The van der Waals surface area contributed by atoms with Crippen LogP contribution in [0.1, 0.15) is 26.7 Å². The van der Waals surface area contributed by atoms with E-state index in [4.69, 9.17) is 4.74 Å². The average Bonchev–Trinajstić information content (AvgIpc) is 1.89. The van der Waals surface area contributed by atoms with Crippen molar-refractivity contribution in [2.24, 2.45) is 0 Å². The molecule has 0 heterocycles. The smallest absolute Gasteiger partial charge is 0.319 e. The Morgan fingerprint density at radius 1 is 1.55 bits per heavy atom. The summed E-state index contributed by atoms with van der Waals surface area (Å²) in [5.41, 5.74) is 0. The Hall–Kier alpha value is 0.300. The van der Waals surface area contributed by atoms with E-state index in [9.17, 15) is 4.79 Å². The summed E-state index contributed by atoms with van der Waals surface area (Å²) in [7, 11) is 0. The Morgan fingerprint density at radius 3 is 2.45 bits per heavy atom. The van der Waals surface area contributed by atoms with E-state index in [1.807, 2.05) is 13.8 Å². The highest BCUT2D eigenvalue weighted by Gasteiger charge is 2.13. The van der Waals surface area contributed by atoms with E-state index < -0.39 is 0 Å². The minimum Gasteiger partial charge on any atom is -0.465 e. The summed E-state index contributed by atoms with van der Waals surface area (Å²) >= 11 is 3.23. The molecule has 0 amide bonds. The summed E-state index contributed by atoms with van der Waals surface area (Å²) in [4.78, 5) is 10.8. The molecule has 0 aliphatic rings. The van der Waals surface area contributed by atoms with Crippen molar-refractivity contribution >= 4 is 35.4 Å². The first kappa shape index (κ1) is 13.9. The van der Waals surface area contributed by atoms with Gasteiger partial charge in [-0.2, -0.15) is 13.5 Å². The van der Waals surface area contributed by atoms with Gasteiger partial charge in [-0.1, -0.05) is 29.3 Å². The first-order chi connectivity index (χ1) is 4.72. The Balaban J connectivity index is 0. The average molecular weight is 243 g/mol. The normalized spacial score (nSPS) is 11.5. The molecule has 0 aliphatic carbocycles. The third kappa shape index (κ3) is 6.69. The molecule has 11 heavy (non-hydrogen) atoms. The van der Waals surface area contributed by atoms with E-state index in [-0.39, 0.29) is 24.3 Å². The lowest BCUT2D eigenvalue weighted by molar-refractivity contribution is -0.142. The fourth-order valence-corrected chi connectivity index (χ4v) is 1.19. The molecule has 0 aromatic heterocycles. The summed E-state index contributed by atoms with van der Waals surface area (Å²) in [6.45, 7) is 4.31. The van der Waals surface area contributed by atoms with Gasteiger partial charge in [0.05, 0.1) is 6.61 Å². The number of alkyl halides is 1. The van der Waals surface area contributed by atoms with Gasteiger partial charge in [-0.25, -0.2) is 0 Å². The first-order valence-electron chi connectivity index (χ1n) is 3.53. The monoisotopic (exact) mass is 242 g/mol. The van der Waals surface area contributed by atoms with E-state index in [0.29, 0.717) is 6.61 Å². The number of hydrogen-bond donors (Lipinski definition) is 0. The molecule has 0 saturated heterocycles. The van der Waals surface area contributed by atoms with Crippen LogP contribution >= 0.6 is 29.4 Å². The van der Waals surface area contributed by atoms with Crippen LogP contribution in [0.3, 0.4) is 0 Å². The summed E-state index contributed by atoms with van der Waals surface area (Å²) in [6, 6.07) is 0. The molecule has 0 aromatic rings. The van der Waals surface area contributed by atoms with Gasteiger partial charge >= 0.3 is 5.97 Å². The van der Waals surface area contributed by atoms with Gasteiger partial charge in [0, 0.05) is 0 Å². The van der Waals surface area contributed by atoms with Crippen molar-refractivity contribution in [2.45, 2.75) is 31.5 Å². The molecule has 0 aromatic carbocycles. The number of rotatable bonds is 4. The number of carbonyl (C=O) groups excluding carboxylic acids is 1. The van der Waals surface area contributed by atoms with Crippen molar-refractivity contribution < 1.29 is 9.53 Å². The SMILES string of the molecule is CCC[C@@H](Br)C(=O)OCC.S. The lowest BCUT2D eigenvalue weighted by Gasteiger charge is -2.05. The molecule has 0 unspecified atom stereocenters. The Kier molecular flexibility index (Phi) is 10.6. The third-order valence-corrected chi connectivity index (χ3v) is 1.92. The van der Waals surface area contributed by atoms with Crippen molar-refractivity contribution in [1.29, 1.82) is 0 Å². The second kappa shape index (κ2) is 8.40. The number of carbonyl (C=O) groups is 1. The van der Waals surface area contributed by atoms with Crippen LogP contribution in [0.2, 0.25) is 0 Å². The standard InChI is InChI=1S/C7H13BrO2.H2S/c1-3-5-6(8)7(9)10-4-2;/h6H,3-5H2,1-2H3;1H2/t6-;/m1./s1. The molecule has 1 atom stereocenters. The zero-order chi connectivity index (χ0) is 7.98. The van der Waals surface area contributed by atoms with Crippen molar-refractivity contribution in [3.05, 3.63) is 0 Å². The van der Waals surface area contributed by atoms with E-state index in [1.165, 1.54) is 0 Å². The van der Waals surface area contributed by atoms with Gasteiger partial charge in [0.1, 0.15) is 4.83 Å². The van der Waals surface area contributed by atoms with Crippen molar-refractivity contribution in [3.8, 4) is 0 Å². The lowest BCUT2D eigenvalue weighted by Crippen LogP contribution is -2.16. The van der Waals surface area contributed by atoms with Crippen LogP contribution in [0, 0.1) is 0 Å². The maximum atomic E-state index is 10.9. The third-order valence-electron chi connectivity index (χ3n) is 1.08. The molecule has 0 radical (unpaired) electrons. The van der Waals surface area contributed by atoms with Crippen molar-refractivity contribution in [1.82, 2.24) is 0 Å². The topological polar surface area (TPSA) is 26.3 Å². The fraction of sp³-hybridized carbons (Fsp3) is 0.857. The number of halogens is 1. The molecule has 0 rings (SSSR count). The van der Waals surface area contributed by atoms with Gasteiger partial charge in [0.2, 0.25) is 0 Å². The van der Waals surface area contributed by atoms with Crippen LogP contribution in [0.5, 0.6) is 0 Å². The highest BCUT2D eigenvalue weighted by atomic mass is 79.9. The molecular weight excluding hydrogens is 228 g/mol. The van der Waals surface area contributed by atoms with E-state index in [2.05, 4.69) is 15.9 Å². The zero-order valence-corrected chi connectivity index (χ0v) is 9.48. The molecule has 0 aliphatic heterocycles. The predicted octanol–water partition coefficient (Wildman–Crippen LogP) is 2.23. The molecule has 0 fully saturated rings. The zero-order valence-electron chi connectivity index (χ0n) is 6.89. The molecule has 68 valence electrons. The van der Waals surface area contributed by atoms with Crippen molar-refractivity contribution in [3.63, 3.8) is 0 Å². The number of ether oxygens (including phenoxy) is 1. The molecule has 0 N–H and O–H groups in total. The molecule has 0 saturated carbocycles.